The van der Waals surface area contributed by atoms with E-state index in [-0.39, 0.29) is 11.9 Å². The summed E-state index contributed by atoms with van der Waals surface area (Å²) >= 11 is 0. The third-order valence-corrected chi connectivity index (χ3v) is 7.38. The number of hydrogen-bond acceptors (Lipinski definition) is 4. The zero-order chi connectivity index (χ0) is 20.5. The van der Waals surface area contributed by atoms with Gasteiger partial charge in [0.2, 0.25) is 0 Å². The Bertz CT molecular complexity index is 426. The van der Waals surface area contributed by atoms with E-state index < -0.39 is 0 Å². The van der Waals surface area contributed by atoms with Gasteiger partial charge in [-0.2, -0.15) is 0 Å². The van der Waals surface area contributed by atoms with E-state index in [0.29, 0.717) is 30.8 Å². The predicted octanol–water partition coefficient (Wildman–Crippen LogP) is 5.26. The van der Waals surface area contributed by atoms with Crippen molar-refractivity contribution in [2.45, 2.75) is 117 Å². The van der Waals surface area contributed by atoms with Crippen LogP contribution in [0.2, 0.25) is 0 Å². The topological polar surface area (TPSA) is 50.4 Å². The molecule has 164 valence electrons. The van der Waals surface area contributed by atoms with Crippen molar-refractivity contribution < 1.29 is 9.53 Å². The Labute approximate surface area is 173 Å². The van der Waals surface area contributed by atoms with Crippen LogP contribution in [0.1, 0.15) is 98.8 Å². The second kappa shape index (κ2) is 12.2. The quantitative estimate of drug-likeness (QED) is 0.469. The Kier molecular flexibility index (Phi) is 10.3. The van der Waals surface area contributed by atoms with Crippen molar-refractivity contribution >= 4 is 5.97 Å². The first-order valence-electron chi connectivity index (χ1n) is 12.3. The van der Waals surface area contributed by atoms with Gasteiger partial charge in [-0.05, 0) is 63.2 Å². The van der Waals surface area contributed by atoms with Crippen molar-refractivity contribution in [3.63, 3.8) is 0 Å². The summed E-state index contributed by atoms with van der Waals surface area (Å²) in [6.07, 6.45) is 12.3. The van der Waals surface area contributed by atoms with Gasteiger partial charge in [0.15, 0.2) is 0 Å². The molecule has 1 heterocycles. The lowest BCUT2D eigenvalue weighted by Gasteiger charge is -2.32. The fourth-order valence-electron chi connectivity index (χ4n) is 5.77. The Morgan fingerprint density at radius 3 is 1.75 bits per heavy atom. The SMILES string of the molecule is CCCC(CC)C1NC(C2CCC(C(=O)OCC)CC2)NC1C(CC)CCC. The number of esters is 1. The highest BCUT2D eigenvalue weighted by Gasteiger charge is 2.43. The van der Waals surface area contributed by atoms with Crippen LogP contribution in [0.25, 0.3) is 0 Å². The van der Waals surface area contributed by atoms with Crippen LogP contribution in [-0.4, -0.2) is 30.8 Å². The molecular weight excluding hydrogens is 348 g/mol. The Morgan fingerprint density at radius 2 is 1.36 bits per heavy atom. The maximum absolute atomic E-state index is 12.1. The number of rotatable bonds is 11. The first kappa shape index (κ1) is 23.7. The summed E-state index contributed by atoms with van der Waals surface area (Å²) in [5, 5.41) is 8.12. The second-order valence-electron chi connectivity index (χ2n) is 9.14. The van der Waals surface area contributed by atoms with Crippen LogP contribution in [0.15, 0.2) is 0 Å². The summed E-state index contributed by atoms with van der Waals surface area (Å²) in [6, 6.07) is 1.18. The van der Waals surface area contributed by atoms with Crippen LogP contribution in [-0.2, 0) is 9.53 Å². The molecule has 2 N–H and O–H groups in total. The summed E-state index contributed by atoms with van der Waals surface area (Å²) in [7, 11) is 0. The fourth-order valence-corrected chi connectivity index (χ4v) is 5.77. The minimum absolute atomic E-state index is 0.0204. The van der Waals surface area contributed by atoms with E-state index in [0.717, 1.165) is 37.5 Å². The molecule has 28 heavy (non-hydrogen) atoms. The van der Waals surface area contributed by atoms with Crippen molar-refractivity contribution in [3.8, 4) is 0 Å². The van der Waals surface area contributed by atoms with E-state index in [9.17, 15) is 4.79 Å². The summed E-state index contributed by atoms with van der Waals surface area (Å²) in [5.74, 6) is 2.29. The summed E-state index contributed by atoms with van der Waals surface area (Å²) in [5.41, 5.74) is 0. The maximum Gasteiger partial charge on any atom is 0.308 e. The van der Waals surface area contributed by atoms with Crippen LogP contribution in [0.4, 0.5) is 0 Å². The molecule has 4 heteroatoms. The van der Waals surface area contributed by atoms with E-state index in [4.69, 9.17) is 4.74 Å². The maximum atomic E-state index is 12.1. The average molecular weight is 395 g/mol. The number of carbonyl (C=O) groups is 1. The molecule has 1 aliphatic carbocycles. The Hall–Kier alpha value is -0.610. The van der Waals surface area contributed by atoms with Gasteiger partial charge in [-0.1, -0.05) is 53.4 Å². The molecule has 4 nitrogen and oxygen atoms in total. The monoisotopic (exact) mass is 394 g/mol. The summed E-state index contributed by atoms with van der Waals surface area (Å²) in [6.45, 7) is 11.8. The molecule has 2 rings (SSSR count). The Balaban J connectivity index is 2.03. The zero-order valence-electron chi connectivity index (χ0n) is 19.1. The fraction of sp³-hybridized carbons (Fsp3) is 0.958. The molecule has 4 atom stereocenters. The number of hydrogen-bond donors (Lipinski definition) is 2. The van der Waals surface area contributed by atoms with Crippen molar-refractivity contribution in [1.82, 2.24) is 10.6 Å². The molecule has 1 aliphatic heterocycles. The standard InChI is InChI=1S/C24H46N2O2/c1-6-11-17(8-3)21-22(18(9-4)12-7-2)26-23(25-21)19-13-15-20(16-14-19)24(27)28-10-5/h17-23,25-26H,6-16H2,1-5H3. The predicted molar refractivity (Wildman–Crippen MR) is 117 cm³/mol. The average Bonchev–Trinajstić information content (AvgIpc) is 3.15. The minimum atomic E-state index is 0.0204. The smallest absolute Gasteiger partial charge is 0.308 e. The molecule has 0 aromatic heterocycles. The van der Waals surface area contributed by atoms with Gasteiger partial charge < -0.3 is 4.74 Å². The third-order valence-electron chi connectivity index (χ3n) is 7.38. The van der Waals surface area contributed by atoms with E-state index in [1.54, 1.807) is 0 Å². The molecule has 0 amide bonds. The van der Waals surface area contributed by atoms with Crippen LogP contribution >= 0.6 is 0 Å². The molecule has 0 aromatic rings. The first-order chi connectivity index (χ1) is 13.6. The van der Waals surface area contributed by atoms with E-state index in [1.165, 1.54) is 38.5 Å². The summed E-state index contributed by atoms with van der Waals surface area (Å²) in [4.78, 5) is 12.1. The molecule has 0 radical (unpaired) electrons. The Morgan fingerprint density at radius 1 is 0.857 bits per heavy atom. The summed E-state index contributed by atoms with van der Waals surface area (Å²) < 4.78 is 5.25. The van der Waals surface area contributed by atoms with Gasteiger partial charge in [-0.25, -0.2) is 0 Å². The lowest BCUT2D eigenvalue weighted by molar-refractivity contribution is -0.149. The number of ether oxygens (including phenoxy) is 1. The highest BCUT2D eigenvalue weighted by atomic mass is 16.5. The third kappa shape index (κ3) is 5.95. The first-order valence-corrected chi connectivity index (χ1v) is 12.3. The van der Waals surface area contributed by atoms with Crippen molar-refractivity contribution in [3.05, 3.63) is 0 Å². The molecule has 0 spiro atoms. The van der Waals surface area contributed by atoms with E-state index in [1.807, 2.05) is 6.92 Å². The van der Waals surface area contributed by atoms with Crippen LogP contribution in [0.5, 0.6) is 0 Å². The van der Waals surface area contributed by atoms with Gasteiger partial charge >= 0.3 is 5.97 Å². The highest BCUT2D eigenvalue weighted by Crippen LogP contribution is 2.36. The van der Waals surface area contributed by atoms with E-state index in [2.05, 4.69) is 38.3 Å². The van der Waals surface area contributed by atoms with Gasteiger partial charge in [-0.15, -0.1) is 0 Å². The number of carbonyl (C=O) groups excluding carboxylic acids is 1. The van der Waals surface area contributed by atoms with Gasteiger partial charge in [0.25, 0.3) is 0 Å². The lowest BCUT2D eigenvalue weighted by Crippen LogP contribution is -2.44. The minimum Gasteiger partial charge on any atom is -0.466 e. The molecule has 2 fully saturated rings. The zero-order valence-corrected chi connectivity index (χ0v) is 19.1. The largest absolute Gasteiger partial charge is 0.466 e. The number of nitrogens with one attached hydrogen (secondary N) is 2. The van der Waals surface area contributed by atoms with Gasteiger partial charge in [0, 0.05) is 12.1 Å². The molecule has 0 bridgehead atoms. The molecule has 2 aliphatic rings. The van der Waals surface area contributed by atoms with Gasteiger partial charge in [-0.3, -0.25) is 15.4 Å². The van der Waals surface area contributed by atoms with Crippen LogP contribution < -0.4 is 10.6 Å². The molecule has 0 aromatic carbocycles. The lowest BCUT2D eigenvalue weighted by atomic mass is 9.80. The normalized spacial score (nSPS) is 32.8. The molecule has 1 saturated carbocycles. The van der Waals surface area contributed by atoms with Crippen molar-refractivity contribution in [2.24, 2.45) is 23.7 Å². The van der Waals surface area contributed by atoms with Crippen LogP contribution in [0, 0.1) is 23.7 Å². The van der Waals surface area contributed by atoms with Crippen molar-refractivity contribution in [2.75, 3.05) is 6.61 Å². The molecular formula is C24H46N2O2. The van der Waals surface area contributed by atoms with Crippen LogP contribution in [0.3, 0.4) is 0 Å². The second-order valence-corrected chi connectivity index (χ2v) is 9.14. The highest BCUT2D eigenvalue weighted by molar-refractivity contribution is 5.72. The van der Waals surface area contributed by atoms with Crippen molar-refractivity contribution in [1.29, 1.82) is 0 Å². The van der Waals surface area contributed by atoms with E-state index >= 15 is 0 Å². The van der Waals surface area contributed by atoms with Gasteiger partial charge in [0.05, 0.1) is 18.7 Å². The van der Waals surface area contributed by atoms with Gasteiger partial charge in [0.1, 0.15) is 0 Å². The molecule has 1 saturated heterocycles. The molecule has 4 unspecified atom stereocenters.